The molecule has 0 amide bonds. The molecule has 1 saturated heterocycles. The molecule has 1 rings (SSSR count). The highest BCUT2D eigenvalue weighted by Gasteiger charge is 2.35. The molecule has 2 atom stereocenters. The van der Waals surface area contributed by atoms with Crippen LogP contribution in [-0.2, 0) is 0 Å². The first-order valence-corrected chi connectivity index (χ1v) is 4.90. The van der Waals surface area contributed by atoms with Gasteiger partial charge in [-0.1, -0.05) is 0 Å². The lowest BCUT2D eigenvalue weighted by Crippen LogP contribution is -2.23. The molecule has 1 N–H and O–H groups in total. The molecule has 0 aromatic rings. The third-order valence-electron chi connectivity index (χ3n) is 1.93. The van der Waals surface area contributed by atoms with Crippen LogP contribution in [0.3, 0.4) is 0 Å². The third-order valence-corrected chi connectivity index (χ3v) is 3.44. The van der Waals surface area contributed by atoms with Crippen LogP contribution < -0.4 is 0 Å². The summed E-state index contributed by atoms with van der Waals surface area (Å²) in [5.74, 6) is 1.07. The van der Waals surface area contributed by atoms with Crippen LogP contribution in [0, 0.1) is 11.3 Å². The fourth-order valence-corrected chi connectivity index (χ4v) is 2.86. The van der Waals surface area contributed by atoms with Gasteiger partial charge in [0, 0.05) is 6.42 Å². The molecule has 1 aliphatic rings. The predicted octanol–water partition coefficient (Wildman–Crippen LogP) is 1.55. The number of thioether (sulfide) groups is 1. The van der Waals surface area contributed by atoms with Gasteiger partial charge < -0.3 is 5.11 Å². The summed E-state index contributed by atoms with van der Waals surface area (Å²) >= 11 is 1.70. The molecule has 2 unspecified atom stereocenters. The first-order valence-electron chi connectivity index (χ1n) is 3.92. The Hall–Kier alpha value is -0.200. The van der Waals surface area contributed by atoms with E-state index >= 15 is 0 Å². The fourth-order valence-electron chi connectivity index (χ4n) is 1.47. The van der Waals surface area contributed by atoms with Gasteiger partial charge in [-0.25, -0.2) is 0 Å². The average molecular weight is 171 g/mol. The Labute approximate surface area is 71.6 Å². The van der Waals surface area contributed by atoms with Gasteiger partial charge >= 0.3 is 0 Å². The van der Waals surface area contributed by atoms with Crippen LogP contribution in [0.4, 0.5) is 0 Å². The molecule has 62 valence electrons. The van der Waals surface area contributed by atoms with Gasteiger partial charge in [-0.15, -0.1) is 11.8 Å². The Morgan fingerprint density at radius 1 is 1.82 bits per heavy atom. The van der Waals surface area contributed by atoms with Gasteiger partial charge in [-0.05, 0) is 25.5 Å². The zero-order valence-corrected chi connectivity index (χ0v) is 7.52. The Morgan fingerprint density at radius 2 is 2.55 bits per heavy atom. The Morgan fingerprint density at radius 3 is 2.91 bits per heavy atom. The molecule has 0 saturated carbocycles. The van der Waals surface area contributed by atoms with Gasteiger partial charge in [0.1, 0.15) is 4.75 Å². The highest BCUT2D eigenvalue weighted by Crippen LogP contribution is 2.40. The minimum absolute atomic E-state index is 0.270. The summed E-state index contributed by atoms with van der Waals surface area (Å²) in [6.07, 6.45) is 2.33. The number of hydrogen-bond donors (Lipinski definition) is 1. The zero-order chi connectivity index (χ0) is 8.32. The van der Waals surface area contributed by atoms with Crippen molar-refractivity contribution in [1.82, 2.24) is 0 Å². The van der Waals surface area contributed by atoms with Crippen molar-refractivity contribution >= 4 is 11.8 Å². The second-order valence-corrected chi connectivity index (χ2v) is 4.59. The van der Waals surface area contributed by atoms with Crippen LogP contribution in [0.1, 0.15) is 26.2 Å². The second kappa shape index (κ2) is 3.46. The maximum atomic E-state index is 9.14. The van der Waals surface area contributed by atoms with Crippen LogP contribution in [0.25, 0.3) is 0 Å². The van der Waals surface area contributed by atoms with Gasteiger partial charge in [-0.3, -0.25) is 0 Å². The molecular formula is C8H13NOS. The minimum Gasteiger partial charge on any atom is -0.393 e. The monoisotopic (exact) mass is 171 g/mol. The van der Waals surface area contributed by atoms with Gasteiger partial charge in [0.15, 0.2) is 0 Å². The first-order chi connectivity index (χ1) is 5.18. The Kier molecular flexibility index (Phi) is 2.80. The summed E-state index contributed by atoms with van der Waals surface area (Å²) in [4.78, 5) is 0. The van der Waals surface area contributed by atoms with Gasteiger partial charge in [-0.2, -0.15) is 5.26 Å². The van der Waals surface area contributed by atoms with Crippen LogP contribution in [0.5, 0.6) is 0 Å². The largest absolute Gasteiger partial charge is 0.393 e. The standard InChI is InChI=1S/C8H13NOS/c1-7(10)5-8(6-9)3-2-4-11-8/h7,10H,2-5H2,1H3. The number of hydrogen-bond acceptors (Lipinski definition) is 3. The van der Waals surface area contributed by atoms with Crippen LogP contribution in [0.2, 0.25) is 0 Å². The molecule has 1 aliphatic heterocycles. The number of nitrogens with zero attached hydrogens (tertiary/aromatic N) is 1. The fraction of sp³-hybridized carbons (Fsp3) is 0.875. The van der Waals surface area contributed by atoms with Crippen molar-refractivity contribution in [2.24, 2.45) is 0 Å². The lowest BCUT2D eigenvalue weighted by molar-refractivity contribution is 0.176. The van der Waals surface area contributed by atoms with Crippen LogP contribution in [-0.4, -0.2) is 21.7 Å². The first kappa shape index (κ1) is 8.89. The summed E-state index contributed by atoms with van der Waals surface area (Å²) in [5, 5.41) is 18.0. The van der Waals surface area contributed by atoms with E-state index in [0.717, 1.165) is 18.6 Å². The van der Waals surface area contributed by atoms with E-state index in [0.29, 0.717) is 6.42 Å². The summed E-state index contributed by atoms with van der Waals surface area (Å²) in [6.45, 7) is 1.75. The molecule has 0 spiro atoms. The lowest BCUT2D eigenvalue weighted by atomic mass is 9.98. The van der Waals surface area contributed by atoms with E-state index in [1.807, 2.05) is 0 Å². The van der Waals surface area contributed by atoms with Crippen molar-refractivity contribution in [3.05, 3.63) is 0 Å². The van der Waals surface area contributed by atoms with E-state index in [4.69, 9.17) is 10.4 Å². The Balaban J connectivity index is 2.54. The van der Waals surface area contributed by atoms with E-state index < -0.39 is 0 Å². The summed E-state index contributed by atoms with van der Waals surface area (Å²) in [6, 6.07) is 2.31. The topological polar surface area (TPSA) is 44.0 Å². The van der Waals surface area contributed by atoms with Gasteiger partial charge in [0.2, 0.25) is 0 Å². The maximum absolute atomic E-state index is 9.14. The summed E-state index contributed by atoms with van der Waals surface area (Å²) < 4.78 is -0.270. The zero-order valence-electron chi connectivity index (χ0n) is 6.71. The summed E-state index contributed by atoms with van der Waals surface area (Å²) in [5.41, 5.74) is 0. The molecular weight excluding hydrogens is 158 g/mol. The summed E-state index contributed by atoms with van der Waals surface area (Å²) in [7, 11) is 0. The molecule has 0 bridgehead atoms. The molecule has 0 aromatic heterocycles. The van der Waals surface area contributed by atoms with Crippen LogP contribution in [0.15, 0.2) is 0 Å². The van der Waals surface area contributed by atoms with E-state index in [2.05, 4.69) is 6.07 Å². The van der Waals surface area contributed by atoms with Crippen molar-refractivity contribution in [3.8, 4) is 6.07 Å². The molecule has 3 heteroatoms. The normalized spacial score (nSPS) is 33.2. The smallest absolute Gasteiger partial charge is 0.105 e. The molecule has 1 fully saturated rings. The van der Waals surface area contributed by atoms with Crippen LogP contribution >= 0.6 is 11.8 Å². The lowest BCUT2D eigenvalue weighted by Gasteiger charge is -2.20. The molecule has 1 heterocycles. The number of aliphatic hydroxyl groups excluding tert-OH is 1. The average Bonchev–Trinajstić information content (AvgIpc) is 2.36. The van der Waals surface area contributed by atoms with E-state index in [9.17, 15) is 0 Å². The van der Waals surface area contributed by atoms with Crippen molar-refractivity contribution in [2.75, 3.05) is 5.75 Å². The molecule has 0 aliphatic carbocycles. The Bertz CT molecular complexity index is 167. The molecule has 2 nitrogen and oxygen atoms in total. The van der Waals surface area contributed by atoms with E-state index in [1.54, 1.807) is 18.7 Å². The number of nitriles is 1. The van der Waals surface area contributed by atoms with Crippen molar-refractivity contribution in [3.63, 3.8) is 0 Å². The number of rotatable bonds is 2. The maximum Gasteiger partial charge on any atom is 0.105 e. The highest BCUT2D eigenvalue weighted by atomic mass is 32.2. The van der Waals surface area contributed by atoms with Gasteiger partial charge in [0.25, 0.3) is 0 Å². The minimum atomic E-state index is -0.347. The third kappa shape index (κ3) is 2.11. The van der Waals surface area contributed by atoms with Gasteiger partial charge in [0.05, 0.1) is 12.2 Å². The second-order valence-electron chi connectivity index (χ2n) is 3.11. The van der Waals surface area contributed by atoms with Crippen molar-refractivity contribution in [2.45, 2.75) is 37.0 Å². The SMILES string of the molecule is CC(O)CC1(C#N)CCCS1. The molecule has 11 heavy (non-hydrogen) atoms. The molecule has 0 aromatic carbocycles. The molecule has 0 radical (unpaired) electrons. The predicted molar refractivity (Wildman–Crippen MR) is 46.3 cm³/mol. The van der Waals surface area contributed by atoms with Crippen molar-refractivity contribution in [1.29, 1.82) is 5.26 Å². The highest BCUT2D eigenvalue weighted by molar-refractivity contribution is 8.01. The quantitative estimate of drug-likeness (QED) is 0.685. The number of aliphatic hydroxyl groups is 1. The van der Waals surface area contributed by atoms with Crippen molar-refractivity contribution < 1.29 is 5.11 Å². The van der Waals surface area contributed by atoms with E-state index in [-0.39, 0.29) is 10.9 Å². The van der Waals surface area contributed by atoms with E-state index in [1.165, 1.54) is 0 Å².